The molecule has 2 rings (SSSR count). The SMILES string of the molecule is CC1(C(=O)O)CN(c2cccc(F)c2)C(=O)CO1. The fourth-order valence-electron chi connectivity index (χ4n) is 1.74. The first-order chi connectivity index (χ1) is 8.42. The highest BCUT2D eigenvalue weighted by molar-refractivity contribution is 5.97. The predicted octanol–water partition coefficient (Wildman–Crippen LogP) is 1.03. The van der Waals surface area contributed by atoms with Crippen LogP contribution in [0.4, 0.5) is 10.1 Å². The van der Waals surface area contributed by atoms with Crippen molar-refractivity contribution < 1.29 is 23.8 Å². The van der Waals surface area contributed by atoms with Crippen molar-refractivity contribution >= 4 is 17.6 Å². The molecule has 1 N–H and O–H groups in total. The van der Waals surface area contributed by atoms with E-state index in [0.29, 0.717) is 5.69 Å². The van der Waals surface area contributed by atoms with Gasteiger partial charge in [0, 0.05) is 5.69 Å². The van der Waals surface area contributed by atoms with Gasteiger partial charge in [-0.25, -0.2) is 9.18 Å². The van der Waals surface area contributed by atoms with Gasteiger partial charge in [0.1, 0.15) is 12.4 Å². The number of aliphatic carboxylic acids is 1. The molecule has 1 aromatic rings. The van der Waals surface area contributed by atoms with Crippen molar-refractivity contribution in [2.75, 3.05) is 18.1 Å². The number of hydrogen-bond acceptors (Lipinski definition) is 3. The zero-order valence-corrected chi connectivity index (χ0v) is 9.72. The van der Waals surface area contributed by atoms with E-state index in [4.69, 9.17) is 9.84 Å². The Hall–Kier alpha value is -1.95. The number of anilines is 1. The van der Waals surface area contributed by atoms with Crippen molar-refractivity contribution in [3.63, 3.8) is 0 Å². The molecule has 1 saturated heterocycles. The quantitative estimate of drug-likeness (QED) is 0.855. The molecule has 1 aromatic carbocycles. The Morgan fingerprint density at radius 3 is 2.89 bits per heavy atom. The molecule has 0 aliphatic carbocycles. The van der Waals surface area contributed by atoms with E-state index in [1.54, 1.807) is 6.07 Å². The first kappa shape index (κ1) is 12.5. The van der Waals surface area contributed by atoms with Crippen LogP contribution in [0.5, 0.6) is 0 Å². The summed E-state index contributed by atoms with van der Waals surface area (Å²) in [6, 6.07) is 5.45. The molecule has 1 unspecified atom stereocenters. The summed E-state index contributed by atoms with van der Waals surface area (Å²) in [6.07, 6.45) is 0. The third-order valence-corrected chi connectivity index (χ3v) is 2.85. The topological polar surface area (TPSA) is 66.8 Å². The van der Waals surface area contributed by atoms with Crippen molar-refractivity contribution in [2.24, 2.45) is 0 Å². The van der Waals surface area contributed by atoms with Gasteiger partial charge < -0.3 is 14.7 Å². The molecular formula is C12H12FNO4. The number of amides is 1. The molecule has 96 valence electrons. The van der Waals surface area contributed by atoms with Crippen molar-refractivity contribution in [3.05, 3.63) is 30.1 Å². The summed E-state index contributed by atoms with van der Waals surface area (Å²) in [6.45, 7) is 0.901. The minimum absolute atomic E-state index is 0.148. The summed E-state index contributed by atoms with van der Waals surface area (Å²) in [5, 5.41) is 9.07. The molecule has 0 radical (unpaired) electrons. The van der Waals surface area contributed by atoms with Crippen LogP contribution in [0.1, 0.15) is 6.92 Å². The van der Waals surface area contributed by atoms with Gasteiger partial charge in [0.2, 0.25) is 0 Å². The summed E-state index contributed by atoms with van der Waals surface area (Å²) in [5.41, 5.74) is -1.14. The van der Waals surface area contributed by atoms with Crippen LogP contribution >= 0.6 is 0 Å². The molecule has 0 spiro atoms. The standard InChI is InChI=1S/C12H12FNO4/c1-12(11(16)17)7-14(10(15)6-18-12)9-4-2-3-8(13)5-9/h2-5H,6-7H2,1H3,(H,16,17). The maximum absolute atomic E-state index is 13.1. The Balaban J connectivity index is 2.31. The first-order valence-electron chi connectivity index (χ1n) is 5.36. The fourth-order valence-corrected chi connectivity index (χ4v) is 1.74. The summed E-state index contributed by atoms with van der Waals surface area (Å²) in [4.78, 5) is 24.0. The zero-order chi connectivity index (χ0) is 13.3. The molecule has 0 saturated carbocycles. The second-order valence-corrected chi connectivity index (χ2v) is 4.28. The number of benzene rings is 1. The van der Waals surface area contributed by atoms with E-state index < -0.39 is 17.4 Å². The molecule has 1 aliphatic heterocycles. The fraction of sp³-hybridized carbons (Fsp3) is 0.333. The molecule has 0 bridgehead atoms. The van der Waals surface area contributed by atoms with Crippen molar-refractivity contribution in [2.45, 2.75) is 12.5 Å². The lowest BCUT2D eigenvalue weighted by Crippen LogP contribution is -2.57. The van der Waals surface area contributed by atoms with Crippen LogP contribution in [0.2, 0.25) is 0 Å². The molecule has 0 aromatic heterocycles. The maximum Gasteiger partial charge on any atom is 0.337 e. The van der Waals surface area contributed by atoms with Gasteiger partial charge in [-0.05, 0) is 25.1 Å². The Bertz CT molecular complexity index is 505. The Labute approximate surface area is 103 Å². The zero-order valence-electron chi connectivity index (χ0n) is 9.72. The van der Waals surface area contributed by atoms with E-state index in [2.05, 4.69) is 0 Å². The lowest BCUT2D eigenvalue weighted by atomic mass is 10.0. The molecule has 1 fully saturated rings. The molecule has 1 atom stereocenters. The number of halogens is 1. The highest BCUT2D eigenvalue weighted by atomic mass is 19.1. The third kappa shape index (κ3) is 2.19. The average Bonchev–Trinajstić information content (AvgIpc) is 2.32. The smallest absolute Gasteiger partial charge is 0.337 e. The largest absolute Gasteiger partial charge is 0.479 e. The monoisotopic (exact) mass is 253 g/mol. The molecule has 1 amide bonds. The van der Waals surface area contributed by atoms with Gasteiger partial charge in [0.15, 0.2) is 5.60 Å². The molecule has 5 nitrogen and oxygen atoms in total. The number of morpholine rings is 1. The van der Waals surface area contributed by atoms with Crippen LogP contribution in [0.15, 0.2) is 24.3 Å². The normalized spacial score (nSPS) is 24.1. The Kier molecular flexibility index (Phi) is 3.04. The van der Waals surface area contributed by atoms with Gasteiger partial charge in [-0.15, -0.1) is 0 Å². The number of rotatable bonds is 2. The lowest BCUT2D eigenvalue weighted by molar-refractivity contribution is -0.168. The number of ether oxygens (including phenoxy) is 1. The summed E-state index contributed by atoms with van der Waals surface area (Å²) < 4.78 is 18.2. The first-order valence-corrected chi connectivity index (χ1v) is 5.36. The summed E-state index contributed by atoms with van der Waals surface area (Å²) in [5.74, 6) is -2.03. The second-order valence-electron chi connectivity index (χ2n) is 4.28. The van der Waals surface area contributed by atoms with Crippen LogP contribution in [0.3, 0.4) is 0 Å². The van der Waals surface area contributed by atoms with Crippen molar-refractivity contribution in [3.8, 4) is 0 Å². The van der Waals surface area contributed by atoms with Gasteiger partial charge in [-0.1, -0.05) is 6.07 Å². The van der Waals surface area contributed by atoms with E-state index in [9.17, 15) is 14.0 Å². The van der Waals surface area contributed by atoms with Gasteiger partial charge >= 0.3 is 5.97 Å². The molecule has 6 heteroatoms. The van der Waals surface area contributed by atoms with E-state index >= 15 is 0 Å². The van der Waals surface area contributed by atoms with Crippen LogP contribution in [0, 0.1) is 5.82 Å². The molecular weight excluding hydrogens is 241 g/mol. The highest BCUT2D eigenvalue weighted by Crippen LogP contribution is 2.24. The number of carbonyl (C=O) groups is 2. The van der Waals surface area contributed by atoms with E-state index in [-0.39, 0.29) is 19.1 Å². The van der Waals surface area contributed by atoms with Crippen molar-refractivity contribution in [1.29, 1.82) is 0 Å². The van der Waals surface area contributed by atoms with Crippen LogP contribution in [0.25, 0.3) is 0 Å². The number of hydrogen-bond donors (Lipinski definition) is 1. The predicted molar refractivity (Wildman–Crippen MR) is 60.7 cm³/mol. The summed E-state index contributed by atoms with van der Waals surface area (Å²) >= 11 is 0. The van der Waals surface area contributed by atoms with Gasteiger partial charge in [-0.3, -0.25) is 4.79 Å². The Morgan fingerprint density at radius 2 is 2.28 bits per heavy atom. The minimum atomic E-state index is -1.47. The van der Waals surface area contributed by atoms with E-state index in [1.807, 2.05) is 0 Å². The van der Waals surface area contributed by atoms with Gasteiger partial charge in [0.25, 0.3) is 5.91 Å². The Morgan fingerprint density at radius 1 is 1.56 bits per heavy atom. The van der Waals surface area contributed by atoms with Gasteiger partial charge in [0.05, 0.1) is 6.54 Å². The van der Waals surface area contributed by atoms with Crippen LogP contribution < -0.4 is 4.90 Å². The maximum atomic E-state index is 13.1. The number of carboxylic acids is 1. The number of carboxylic acid groups (broad SMARTS) is 1. The highest BCUT2D eigenvalue weighted by Gasteiger charge is 2.42. The number of carbonyl (C=O) groups excluding carboxylic acids is 1. The van der Waals surface area contributed by atoms with Crippen LogP contribution in [-0.2, 0) is 14.3 Å². The van der Waals surface area contributed by atoms with E-state index in [1.165, 1.54) is 30.0 Å². The van der Waals surface area contributed by atoms with E-state index in [0.717, 1.165) is 0 Å². The van der Waals surface area contributed by atoms with Gasteiger partial charge in [-0.2, -0.15) is 0 Å². The minimum Gasteiger partial charge on any atom is -0.479 e. The molecule has 1 aliphatic rings. The third-order valence-electron chi connectivity index (χ3n) is 2.85. The summed E-state index contributed by atoms with van der Waals surface area (Å²) in [7, 11) is 0. The number of nitrogens with zero attached hydrogens (tertiary/aromatic N) is 1. The average molecular weight is 253 g/mol. The van der Waals surface area contributed by atoms with Crippen LogP contribution in [-0.4, -0.2) is 35.7 Å². The van der Waals surface area contributed by atoms with Crippen molar-refractivity contribution in [1.82, 2.24) is 0 Å². The lowest BCUT2D eigenvalue weighted by Gasteiger charge is -2.37. The second kappa shape index (κ2) is 4.38. The molecule has 18 heavy (non-hydrogen) atoms. The molecule has 1 heterocycles.